The molecule has 128 valence electrons. The van der Waals surface area contributed by atoms with Gasteiger partial charge in [-0.25, -0.2) is 0 Å². The second-order valence-electron chi connectivity index (χ2n) is 5.99. The third-order valence-corrected chi connectivity index (χ3v) is 3.84. The second kappa shape index (κ2) is 8.86. The van der Waals surface area contributed by atoms with Gasteiger partial charge in [0.25, 0.3) is 5.91 Å². The van der Waals surface area contributed by atoms with Crippen molar-refractivity contribution in [3.8, 4) is 0 Å². The van der Waals surface area contributed by atoms with E-state index in [1.54, 1.807) is 0 Å². The highest BCUT2D eigenvalue weighted by molar-refractivity contribution is 5.88. The van der Waals surface area contributed by atoms with Crippen molar-refractivity contribution in [3.05, 3.63) is 29.8 Å². The zero-order chi connectivity index (χ0) is 16.0. The van der Waals surface area contributed by atoms with E-state index in [0.29, 0.717) is 26.3 Å². The molecule has 1 aromatic rings. The number of likely N-dealkylation sites (N-methyl/N-ethyl adjacent to an activating group) is 1. The SMILES string of the molecule is CC(=O)Nc1ccc(CNC(=O)C[N+]2(C)CCOCC2)cc1.[Cl-]. The number of amides is 2. The Hall–Kier alpha value is -1.63. The van der Waals surface area contributed by atoms with Gasteiger partial charge in [-0.1, -0.05) is 12.1 Å². The summed E-state index contributed by atoms with van der Waals surface area (Å²) < 4.78 is 6.07. The van der Waals surface area contributed by atoms with E-state index in [1.165, 1.54) is 6.92 Å². The minimum atomic E-state index is -0.0940. The van der Waals surface area contributed by atoms with Crippen molar-refractivity contribution in [2.24, 2.45) is 0 Å². The molecule has 0 unspecified atom stereocenters. The van der Waals surface area contributed by atoms with Crippen LogP contribution in [-0.2, 0) is 20.9 Å². The van der Waals surface area contributed by atoms with Crippen LogP contribution in [0.2, 0.25) is 0 Å². The first-order chi connectivity index (χ1) is 10.5. The number of ether oxygens (including phenoxy) is 1. The fraction of sp³-hybridized carbons (Fsp3) is 0.500. The molecule has 2 N–H and O–H groups in total. The van der Waals surface area contributed by atoms with Gasteiger partial charge in [0.2, 0.25) is 5.91 Å². The Kier molecular flexibility index (Phi) is 7.48. The third kappa shape index (κ3) is 6.56. The predicted octanol–water partition coefficient (Wildman–Crippen LogP) is -2.26. The van der Waals surface area contributed by atoms with E-state index in [0.717, 1.165) is 28.8 Å². The van der Waals surface area contributed by atoms with E-state index in [4.69, 9.17) is 4.74 Å². The zero-order valence-corrected chi connectivity index (χ0v) is 14.4. The van der Waals surface area contributed by atoms with E-state index < -0.39 is 0 Å². The molecule has 23 heavy (non-hydrogen) atoms. The molecule has 0 spiro atoms. The standard InChI is InChI=1S/C16H23N3O3.ClH/c1-13(20)18-15-5-3-14(4-6-15)11-17-16(21)12-19(2)7-9-22-10-8-19;/h3-6H,7-12H2,1-2H3,(H-,17,18,20,21);1H. The summed E-state index contributed by atoms with van der Waals surface area (Å²) >= 11 is 0. The van der Waals surface area contributed by atoms with E-state index in [9.17, 15) is 9.59 Å². The highest BCUT2D eigenvalue weighted by Gasteiger charge is 2.27. The molecule has 1 aliphatic rings. The molecule has 0 saturated carbocycles. The summed E-state index contributed by atoms with van der Waals surface area (Å²) in [6.07, 6.45) is 0. The molecule has 6 nitrogen and oxygen atoms in total. The second-order valence-corrected chi connectivity index (χ2v) is 5.99. The molecule has 7 heteroatoms. The molecule has 1 aliphatic heterocycles. The normalized spacial score (nSPS) is 16.1. The van der Waals surface area contributed by atoms with E-state index in [1.807, 2.05) is 24.3 Å². The lowest BCUT2D eigenvalue weighted by molar-refractivity contribution is -0.909. The number of rotatable bonds is 5. The van der Waals surface area contributed by atoms with Crippen LogP contribution in [0.4, 0.5) is 5.69 Å². The largest absolute Gasteiger partial charge is 1.00 e. The van der Waals surface area contributed by atoms with Crippen LogP contribution < -0.4 is 23.0 Å². The molecule has 1 fully saturated rings. The van der Waals surface area contributed by atoms with Crippen LogP contribution >= 0.6 is 0 Å². The number of hydrogen-bond acceptors (Lipinski definition) is 3. The van der Waals surface area contributed by atoms with Crippen molar-refractivity contribution in [3.63, 3.8) is 0 Å². The molecule has 2 amide bonds. The molecule has 0 aromatic heterocycles. The molecular formula is C16H24ClN3O3. The van der Waals surface area contributed by atoms with Crippen LogP contribution in [0.5, 0.6) is 0 Å². The van der Waals surface area contributed by atoms with Crippen LogP contribution in [0, 0.1) is 0 Å². The summed E-state index contributed by atoms with van der Waals surface area (Å²) in [6.45, 7) is 5.63. The average molecular weight is 342 g/mol. The lowest BCUT2D eigenvalue weighted by atomic mass is 10.2. The van der Waals surface area contributed by atoms with Crippen molar-refractivity contribution in [1.29, 1.82) is 0 Å². The monoisotopic (exact) mass is 341 g/mol. The van der Waals surface area contributed by atoms with Gasteiger partial charge in [0.15, 0.2) is 6.54 Å². The van der Waals surface area contributed by atoms with Gasteiger partial charge in [-0.05, 0) is 17.7 Å². The average Bonchev–Trinajstić information content (AvgIpc) is 2.46. The Labute approximate surface area is 143 Å². The van der Waals surface area contributed by atoms with Gasteiger partial charge in [0.1, 0.15) is 13.1 Å². The van der Waals surface area contributed by atoms with Crippen molar-refractivity contribution in [2.75, 3.05) is 45.2 Å². The summed E-state index contributed by atoms with van der Waals surface area (Å²) in [5, 5.41) is 5.66. The molecule has 0 atom stereocenters. The summed E-state index contributed by atoms with van der Waals surface area (Å²) in [7, 11) is 2.09. The number of anilines is 1. The summed E-state index contributed by atoms with van der Waals surface area (Å²) in [5.74, 6) is -0.0427. The molecule has 0 aliphatic carbocycles. The van der Waals surface area contributed by atoms with Gasteiger partial charge < -0.3 is 32.3 Å². The molecule has 1 heterocycles. The molecule has 1 saturated heterocycles. The summed E-state index contributed by atoms with van der Waals surface area (Å²) in [5.41, 5.74) is 1.76. The Morgan fingerprint density at radius 1 is 1.17 bits per heavy atom. The van der Waals surface area contributed by atoms with Crippen LogP contribution in [0.25, 0.3) is 0 Å². The molecule has 0 radical (unpaired) electrons. The predicted molar refractivity (Wildman–Crippen MR) is 84.2 cm³/mol. The smallest absolute Gasteiger partial charge is 0.275 e. The Balaban J connectivity index is 0.00000264. The maximum absolute atomic E-state index is 12.1. The molecule has 1 aromatic carbocycles. The van der Waals surface area contributed by atoms with Gasteiger partial charge in [-0.3, -0.25) is 9.59 Å². The summed E-state index contributed by atoms with van der Waals surface area (Å²) in [4.78, 5) is 23.0. The van der Waals surface area contributed by atoms with E-state index in [2.05, 4.69) is 17.7 Å². The molecule has 2 rings (SSSR count). The van der Waals surface area contributed by atoms with Crippen LogP contribution in [0.3, 0.4) is 0 Å². The van der Waals surface area contributed by atoms with E-state index >= 15 is 0 Å². The first-order valence-electron chi connectivity index (χ1n) is 7.51. The minimum absolute atomic E-state index is 0. The van der Waals surface area contributed by atoms with Gasteiger partial charge >= 0.3 is 0 Å². The quantitative estimate of drug-likeness (QED) is 0.594. The fourth-order valence-electron chi connectivity index (χ4n) is 2.45. The number of nitrogens with one attached hydrogen (secondary N) is 2. The first kappa shape index (κ1) is 19.4. The van der Waals surface area contributed by atoms with Gasteiger partial charge in [0.05, 0.1) is 20.3 Å². The lowest BCUT2D eigenvalue weighted by Crippen LogP contribution is -3.00. The van der Waals surface area contributed by atoms with Gasteiger partial charge in [-0.2, -0.15) is 0 Å². The molecular weight excluding hydrogens is 318 g/mol. The van der Waals surface area contributed by atoms with Crippen molar-refractivity contribution in [2.45, 2.75) is 13.5 Å². The molecule has 0 bridgehead atoms. The maximum Gasteiger partial charge on any atom is 0.275 e. The van der Waals surface area contributed by atoms with Crippen LogP contribution in [-0.4, -0.2) is 56.2 Å². The number of carbonyl (C=O) groups is 2. The topological polar surface area (TPSA) is 67.4 Å². The third-order valence-electron chi connectivity index (χ3n) is 3.84. The van der Waals surface area contributed by atoms with E-state index in [-0.39, 0.29) is 24.2 Å². The minimum Gasteiger partial charge on any atom is -1.00 e. The van der Waals surface area contributed by atoms with Crippen LogP contribution in [0.1, 0.15) is 12.5 Å². The van der Waals surface area contributed by atoms with Crippen LogP contribution in [0.15, 0.2) is 24.3 Å². The number of carbonyl (C=O) groups excluding carboxylic acids is 2. The first-order valence-corrected chi connectivity index (χ1v) is 7.51. The summed E-state index contributed by atoms with van der Waals surface area (Å²) in [6, 6.07) is 7.46. The number of morpholine rings is 1. The number of halogens is 1. The van der Waals surface area contributed by atoms with Gasteiger partial charge in [-0.15, -0.1) is 0 Å². The van der Waals surface area contributed by atoms with Crippen molar-refractivity contribution < 1.29 is 31.2 Å². The Morgan fingerprint density at radius 3 is 2.35 bits per heavy atom. The maximum atomic E-state index is 12.1. The fourth-order valence-corrected chi connectivity index (χ4v) is 2.45. The number of quaternary nitrogens is 1. The Morgan fingerprint density at radius 2 is 1.78 bits per heavy atom. The number of nitrogens with zero attached hydrogens (tertiary/aromatic N) is 1. The zero-order valence-electron chi connectivity index (χ0n) is 13.6. The van der Waals surface area contributed by atoms with Gasteiger partial charge in [0, 0.05) is 19.2 Å². The van der Waals surface area contributed by atoms with Crippen molar-refractivity contribution >= 4 is 17.5 Å². The van der Waals surface area contributed by atoms with Crippen molar-refractivity contribution in [1.82, 2.24) is 5.32 Å². The number of hydrogen-bond donors (Lipinski definition) is 2. The number of benzene rings is 1. The highest BCUT2D eigenvalue weighted by Crippen LogP contribution is 2.10. The highest BCUT2D eigenvalue weighted by atomic mass is 35.5. The Bertz CT molecular complexity index is 528. The lowest BCUT2D eigenvalue weighted by Gasteiger charge is -2.36.